The van der Waals surface area contributed by atoms with Crippen LogP contribution in [0.4, 0.5) is 0 Å². The Bertz CT molecular complexity index is 461. The summed E-state index contributed by atoms with van der Waals surface area (Å²) >= 11 is 0. The van der Waals surface area contributed by atoms with Gasteiger partial charge in [-0.25, -0.2) is 0 Å². The largest absolute Gasteiger partial charge is 0.481 e. The Morgan fingerprint density at radius 3 is 0.619 bits per heavy atom. The van der Waals surface area contributed by atoms with Crippen molar-refractivity contribution in [2.75, 3.05) is 0 Å². The number of hydrogen-bond donors (Lipinski definition) is 2. The van der Waals surface area contributed by atoms with E-state index in [4.69, 9.17) is 10.2 Å². The fraction of sp³-hybridized carbons (Fsp3) is 0.944. The Balaban J connectivity index is -0.000000328. The Morgan fingerprint density at radius 2 is 0.476 bits per heavy atom. The molecule has 0 bridgehead atoms. The SMILES string of the molecule is CCCCCCCCCCCCCCCCCC(=O)O.CCCCCCCCCCCCCCCCCC(=O)O.Cl.[Mn]. The van der Waals surface area contributed by atoms with Gasteiger partial charge < -0.3 is 10.2 Å². The second-order valence-electron chi connectivity index (χ2n) is 12.2. The normalized spacial score (nSPS) is 10.3. The van der Waals surface area contributed by atoms with E-state index >= 15 is 0 Å². The van der Waals surface area contributed by atoms with Crippen molar-refractivity contribution in [1.82, 2.24) is 0 Å². The van der Waals surface area contributed by atoms with Crippen LogP contribution in [0.1, 0.15) is 219 Å². The molecule has 0 aromatic rings. The minimum Gasteiger partial charge on any atom is -0.481 e. The smallest absolute Gasteiger partial charge is 0.303 e. The molecular weight excluding hydrogens is 587 g/mol. The number of carboxylic acid groups (broad SMARTS) is 2. The molecule has 0 aliphatic carbocycles. The number of carboxylic acids is 2. The summed E-state index contributed by atoms with van der Waals surface area (Å²) < 4.78 is 0. The van der Waals surface area contributed by atoms with Crippen molar-refractivity contribution < 1.29 is 36.9 Å². The van der Waals surface area contributed by atoms with Crippen molar-refractivity contribution in [3.63, 3.8) is 0 Å². The molecule has 2 N–H and O–H groups in total. The van der Waals surface area contributed by atoms with E-state index in [9.17, 15) is 9.59 Å². The maximum absolute atomic E-state index is 10.3. The van der Waals surface area contributed by atoms with Crippen LogP contribution in [-0.2, 0) is 26.7 Å². The van der Waals surface area contributed by atoms with Crippen LogP contribution in [0.2, 0.25) is 0 Å². The van der Waals surface area contributed by atoms with E-state index in [-0.39, 0.29) is 29.5 Å². The summed E-state index contributed by atoms with van der Waals surface area (Å²) in [6.07, 6.45) is 40.4. The molecule has 42 heavy (non-hydrogen) atoms. The van der Waals surface area contributed by atoms with Gasteiger partial charge >= 0.3 is 11.9 Å². The molecule has 1 radical (unpaired) electrons. The van der Waals surface area contributed by atoms with E-state index in [2.05, 4.69) is 13.8 Å². The summed E-state index contributed by atoms with van der Waals surface area (Å²) in [5.74, 6) is -1.31. The van der Waals surface area contributed by atoms with Crippen LogP contribution in [0.15, 0.2) is 0 Å². The molecule has 0 rings (SSSR count). The van der Waals surface area contributed by atoms with Crippen molar-refractivity contribution in [2.24, 2.45) is 0 Å². The van der Waals surface area contributed by atoms with Gasteiger partial charge in [0.1, 0.15) is 0 Å². The average molecular weight is 660 g/mol. The molecule has 0 aromatic heterocycles. The van der Waals surface area contributed by atoms with Crippen molar-refractivity contribution >= 4 is 24.3 Å². The molecule has 0 aliphatic heterocycles. The van der Waals surface area contributed by atoms with Crippen LogP contribution in [0.3, 0.4) is 0 Å². The number of halogens is 1. The van der Waals surface area contributed by atoms with Gasteiger partial charge in [0.2, 0.25) is 0 Å². The Hall–Kier alpha value is -0.251. The second-order valence-corrected chi connectivity index (χ2v) is 12.2. The third-order valence-corrected chi connectivity index (χ3v) is 7.99. The standard InChI is InChI=1S/2C18H36O2.ClH.Mn/c2*1-2-3-4-5-6-7-8-9-10-11-12-13-14-15-16-17-18(19)20;;/h2*2-17H2,1H3,(H,19,20);1H;. The minimum absolute atomic E-state index is 0. The Kier molecular flexibility index (Phi) is 52.3. The zero-order chi connectivity index (χ0) is 29.8. The third-order valence-electron chi connectivity index (χ3n) is 7.99. The molecule has 6 heteroatoms. The van der Waals surface area contributed by atoms with Gasteiger partial charge in [0, 0.05) is 29.9 Å². The number of aliphatic carboxylic acids is 2. The van der Waals surface area contributed by atoms with Crippen molar-refractivity contribution in [2.45, 2.75) is 219 Å². The number of hydrogen-bond acceptors (Lipinski definition) is 2. The predicted octanol–water partition coefficient (Wildman–Crippen LogP) is 13.1. The maximum Gasteiger partial charge on any atom is 0.303 e. The summed E-state index contributed by atoms with van der Waals surface area (Å²) in [6.45, 7) is 4.54. The van der Waals surface area contributed by atoms with E-state index in [1.54, 1.807) is 0 Å². The summed E-state index contributed by atoms with van der Waals surface area (Å²) in [5, 5.41) is 17.0. The zero-order valence-corrected chi connectivity index (χ0v) is 30.1. The molecular formula is C36H73ClMnO4. The first-order valence-corrected chi connectivity index (χ1v) is 18.0. The minimum atomic E-state index is -0.653. The van der Waals surface area contributed by atoms with Crippen LogP contribution in [-0.4, -0.2) is 22.2 Å². The van der Waals surface area contributed by atoms with Gasteiger partial charge in [-0.05, 0) is 12.8 Å². The molecule has 0 unspecified atom stereocenters. The quantitative estimate of drug-likeness (QED) is 0.0556. The fourth-order valence-electron chi connectivity index (χ4n) is 5.30. The second kappa shape index (κ2) is 45.2. The average Bonchev–Trinajstić information content (AvgIpc) is 2.93. The van der Waals surface area contributed by atoms with E-state index in [0.29, 0.717) is 12.8 Å². The molecule has 4 nitrogen and oxygen atoms in total. The first kappa shape index (κ1) is 48.6. The van der Waals surface area contributed by atoms with E-state index < -0.39 is 11.9 Å². The Labute approximate surface area is 279 Å². The summed E-state index contributed by atoms with van der Waals surface area (Å²) in [6, 6.07) is 0. The summed E-state index contributed by atoms with van der Waals surface area (Å²) in [4.78, 5) is 20.7. The van der Waals surface area contributed by atoms with Gasteiger partial charge in [-0.1, -0.05) is 194 Å². The molecule has 0 spiro atoms. The molecule has 0 saturated heterocycles. The van der Waals surface area contributed by atoms with Gasteiger partial charge in [-0.15, -0.1) is 12.4 Å². The van der Waals surface area contributed by atoms with Crippen molar-refractivity contribution in [3.05, 3.63) is 0 Å². The molecule has 0 aliphatic rings. The maximum atomic E-state index is 10.3. The third kappa shape index (κ3) is 52.4. The van der Waals surface area contributed by atoms with E-state index in [1.807, 2.05) is 0 Å². The molecule has 0 aromatic carbocycles. The van der Waals surface area contributed by atoms with Crippen LogP contribution in [0, 0.1) is 0 Å². The van der Waals surface area contributed by atoms with E-state index in [0.717, 1.165) is 25.7 Å². The fourth-order valence-corrected chi connectivity index (χ4v) is 5.30. The number of carbonyl (C=O) groups is 2. The van der Waals surface area contributed by atoms with Gasteiger partial charge in [-0.2, -0.15) is 0 Å². The molecule has 0 saturated carbocycles. The first-order chi connectivity index (χ1) is 19.5. The van der Waals surface area contributed by atoms with Gasteiger partial charge in [0.15, 0.2) is 0 Å². The van der Waals surface area contributed by atoms with Crippen LogP contribution < -0.4 is 0 Å². The van der Waals surface area contributed by atoms with Crippen molar-refractivity contribution in [1.29, 1.82) is 0 Å². The number of rotatable bonds is 32. The van der Waals surface area contributed by atoms with Crippen LogP contribution >= 0.6 is 12.4 Å². The Morgan fingerprint density at radius 1 is 0.333 bits per heavy atom. The van der Waals surface area contributed by atoms with Crippen molar-refractivity contribution in [3.8, 4) is 0 Å². The number of unbranched alkanes of at least 4 members (excludes halogenated alkanes) is 28. The predicted molar refractivity (Wildman–Crippen MR) is 182 cm³/mol. The summed E-state index contributed by atoms with van der Waals surface area (Å²) in [7, 11) is 0. The molecule has 255 valence electrons. The molecule has 0 fully saturated rings. The van der Waals surface area contributed by atoms with Gasteiger partial charge in [0.25, 0.3) is 0 Å². The van der Waals surface area contributed by atoms with E-state index in [1.165, 1.54) is 167 Å². The zero-order valence-electron chi connectivity index (χ0n) is 28.1. The molecule has 0 atom stereocenters. The molecule has 0 amide bonds. The monoisotopic (exact) mass is 659 g/mol. The summed E-state index contributed by atoms with van der Waals surface area (Å²) in [5.41, 5.74) is 0. The molecule has 0 heterocycles. The topological polar surface area (TPSA) is 74.6 Å². The van der Waals surface area contributed by atoms with Crippen LogP contribution in [0.5, 0.6) is 0 Å². The van der Waals surface area contributed by atoms with Gasteiger partial charge in [-0.3, -0.25) is 9.59 Å². The van der Waals surface area contributed by atoms with Crippen LogP contribution in [0.25, 0.3) is 0 Å². The van der Waals surface area contributed by atoms with Gasteiger partial charge in [0.05, 0.1) is 0 Å². The first-order valence-electron chi connectivity index (χ1n) is 18.0.